The van der Waals surface area contributed by atoms with Crippen LogP contribution in [-0.2, 0) is 0 Å². The van der Waals surface area contributed by atoms with Gasteiger partial charge in [0, 0.05) is 11.1 Å². The lowest BCUT2D eigenvalue weighted by Gasteiger charge is -2.43. The van der Waals surface area contributed by atoms with Crippen LogP contribution in [0.2, 0.25) is 0 Å². The first-order valence-electron chi connectivity index (χ1n) is 7.65. The minimum absolute atomic E-state index is 0.133. The molecular weight excluding hydrogens is 264 g/mol. The van der Waals surface area contributed by atoms with Crippen LogP contribution in [0.3, 0.4) is 0 Å². The van der Waals surface area contributed by atoms with E-state index in [1.54, 1.807) is 14.2 Å². The van der Waals surface area contributed by atoms with E-state index in [4.69, 9.17) is 9.47 Å². The third kappa shape index (κ3) is 2.87. The molecule has 0 amide bonds. The van der Waals surface area contributed by atoms with Gasteiger partial charge in [-0.3, -0.25) is 0 Å². The van der Waals surface area contributed by atoms with Gasteiger partial charge in [-0.05, 0) is 52.2 Å². The summed E-state index contributed by atoms with van der Waals surface area (Å²) in [5.74, 6) is 1.79. The molecule has 21 heavy (non-hydrogen) atoms. The van der Waals surface area contributed by atoms with Gasteiger partial charge in [0.05, 0.1) is 20.3 Å². The highest BCUT2D eigenvalue weighted by atomic mass is 16.5. The Labute approximate surface area is 128 Å². The van der Waals surface area contributed by atoms with Crippen LogP contribution in [-0.4, -0.2) is 45.8 Å². The molecule has 0 heterocycles. The molecule has 1 saturated carbocycles. The normalized spacial score (nSPS) is 18.8. The van der Waals surface area contributed by atoms with Gasteiger partial charge in [-0.25, -0.2) is 0 Å². The van der Waals surface area contributed by atoms with E-state index < -0.39 is 0 Å². The quantitative estimate of drug-likeness (QED) is 0.874. The van der Waals surface area contributed by atoms with Crippen LogP contribution < -0.4 is 14.8 Å². The summed E-state index contributed by atoms with van der Waals surface area (Å²) in [4.78, 5) is 2.38. The van der Waals surface area contributed by atoms with E-state index in [1.165, 1.54) is 31.2 Å². The van der Waals surface area contributed by atoms with Crippen LogP contribution in [0.4, 0.5) is 0 Å². The van der Waals surface area contributed by atoms with Gasteiger partial charge in [-0.1, -0.05) is 12.8 Å². The molecule has 0 spiro atoms. The second-order valence-electron chi connectivity index (χ2n) is 6.03. The summed E-state index contributed by atoms with van der Waals surface area (Å²) < 4.78 is 11.0. The molecule has 1 unspecified atom stereocenters. The van der Waals surface area contributed by atoms with Crippen LogP contribution in [0, 0.1) is 0 Å². The predicted octanol–water partition coefficient (Wildman–Crippen LogP) is 2.84. The molecule has 0 aromatic heterocycles. The number of likely N-dealkylation sites (N-methyl/N-ethyl adjacent to an activating group) is 2. The van der Waals surface area contributed by atoms with Gasteiger partial charge in [0.1, 0.15) is 11.5 Å². The summed E-state index contributed by atoms with van der Waals surface area (Å²) in [6, 6.07) is 6.27. The zero-order chi connectivity index (χ0) is 15.5. The number of rotatable bonds is 6. The molecule has 0 radical (unpaired) electrons. The summed E-state index contributed by atoms with van der Waals surface area (Å²) in [5, 5.41) is 3.53. The number of methoxy groups -OCH3 is 2. The molecule has 0 bridgehead atoms. The summed E-state index contributed by atoms with van der Waals surface area (Å²) in [5.41, 5.74) is 1.31. The lowest BCUT2D eigenvalue weighted by Crippen LogP contribution is -2.51. The molecule has 1 aromatic carbocycles. The highest BCUT2D eigenvalue weighted by Gasteiger charge is 2.44. The van der Waals surface area contributed by atoms with Crippen molar-refractivity contribution >= 4 is 0 Å². The van der Waals surface area contributed by atoms with Crippen LogP contribution in [0.15, 0.2) is 18.2 Å². The highest BCUT2D eigenvalue weighted by molar-refractivity contribution is 5.44. The van der Waals surface area contributed by atoms with Crippen LogP contribution in [0.1, 0.15) is 37.3 Å². The number of nitrogens with zero attached hydrogens (tertiary/aromatic N) is 1. The molecule has 1 atom stereocenters. The van der Waals surface area contributed by atoms with E-state index in [0.717, 1.165) is 11.5 Å². The number of ether oxygens (including phenoxy) is 2. The van der Waals surface area contributed by atoms with E-state index in [1.807, 2.05) is 19.2 Å². The maximum atomic E-state index is 5.60. The largest absolute Gasteiger partial charge is 0.497 e. The van der Waals surface area contributed by atoms with Crippen molar-refractivity contribution in [3.63, 3.8) is 0 Å². The van der Waals surface area contributed by atoms with Crippen LogP contribution in [0.5, 0.6) is 11.5 Å². The van der Waals surface area contributed by atoms with Gasteiger partial charge in [0.2, 0.25) is 0 Å². The van der Waals surface area contributed by atoms with Crippen LogP contribution in [0.25, 0.3) is 0 Å². The minimum Gasteiger partial charge on any atom is -0.497 e. The van der Waals surface area contributed by atoms with Crippen LogP contribution >= 0.6 is 0 Å². The van der Waals surface area contributed by atoms with E-state index in [-0.39, 0.29) is 11.6 Å². The Bertz CT molecular complexity index is 468. The Hall–Kier alpha value is -1.26. The van der Waals surface area contributed by atoms with Crippen molar-refractivity contribution in [2.24, 2.45) is 0 Å². The number of hydrogen-bond acceptors (Lipinski definition) is 4. The molecule has 4 heteroatoms. The summed E-state index contributed by atoms with van der Waals surface area (Å²) in [6.07, 6.45) is 4.96. The second-order valence-corrected chi connectivity index (χ2v) is 6.03. The smallest absolute Gasteiger partial charge is 0.123 e. The molecule has 2 rings (SSSR count). The molecule has 1 aliphatic rings. The highest BCUT2D eigenvalue weighted by Crippen LogP contribution is 2.46. The van der Waals surface area contributed by atoms with Crippen molar-refractivity contribution in [3.8, 4) is 11.5 Å². The van der Waals surface area contributed by atoms with E-state index in [9.17, 15) is 0 Å². The second kappa shape index (κ2) is 6.67. The third-order valence-electron chi connectivity index (χ3n) is 4.93. The molecule has 0 aliphatic heterocycles. The maximum Gasteiger partial charge on any atom is 0.123 e. The molecule has 4 nitrogen and oxygen atoms in total. The van der Waals surface area contributed by atoms with Gasteiger partial charge >= 0.3 is 0 Å². The molecule has 1 aliphatic carbocycles. The average molecular weight is 292 g/mol. The molecule has 1 N–H and O–H groups in total. The van der Waals surface area contributed by atoms with Gasteiger partial charge in [-0.2, -0.15) is 0 Å². The molecule has 0 saturated heterocycles. The molecule has 1 fully saturated rings. The average Bonchev–Trinajstić information content (AvgIpc) is 2.98. The zero-order valence-electron chi connectivity index (χ0n) is 13.9. The SMILES string of the molecule is CNC(c1cc(OC)ccc1OC)C1(N(C)C)CCCC1. The molecule has 1 aromatic rings. The van der Waals surface area contributed by atoms with Gasteiger partial charge in [0.15, 0.2) is 0 Å². The van der Waals surface area contributed by atoms with Crippen molar-refractivity contribution < 1.29 is 9.47 Å². The Morgan fingerprint density at radius 3 is 2.29 bits per heavy atom. The first-order valence-corrected chi connectivity index (χ1v) is 7.65. The Kier molecular flexibility index (Phi) is 5.12. The van der Waals surface area contributed by atoms with E-state index in [0.29, 0.717) is 0 Å². The summed E-state index contributed by atoms with van der Waals surface area (Å²) in [7, 11) is 9.84. The summed E-state index contributed by atoms with van der Waals surface area (Å²) in [6.45, 7) is 0. The van der Waals surface area contributed by atoms with Crippen molar-refractivity contribution in [1.29, 1.82) is 0 Å². The summed E-state index contributed by atoms with van der Waals surface area (Å²) >= 11 is 0. The first kappa shape index (κ1) is 16.1. The van der Waals surface area contributed by atoms with Crippen molar-refractivity contribution in [3.05, 3.63) is 23.8 Å². The molecular formula is C17H28N2O2. The van der Waals surface area contributed by atoms with E-state index in [2.05, 4.69) is 30.4 Å². The van der Waals surface area contributed by atoms with Gasteiger partial charge in [0.25, 0.3) is 0 Å². The third-order valence-corrected chi connectivity index (χ3v) is 4.93. The number of benzene rings is 1. The van der Waals surface area contributed by atoms with E-state index >= 15 is 0 Å². The Morgan fingerprint density at radius 2 is 1.81 bits per heavy atom. The number of hydrogen-bond donors (Lipinski definition) is 1. The zero-order valence-corrected chi connectivity index (χ0v) is 13.9. The van der Waals surface area contributed by atoms with Crippen molar-refractivity contribution in [1.82, 2.24) is 10.2 Å². The van der Waals surface area contributed by atoms with Gasteiger partial charge < -0.3 is 19.7 Å². The first-order chi connectivity index (χ1) is 10.1. The maximum absolute atomic E-state index is 5.60. The fourth-order valence-electron chi connectivity index (χ4n) is 3.76. The standard InChI is InChI=1S/C17H28N2O2/c1-18-16(17(19(2)3)10-6-7-11-17)14-12-13(20-4)8-9-15(14)21-5/h8-9,12,16,18H,6-7,10-11H2,1-5H3. The lowest BCUT2D eigenvalue weighted by atomic mass is 9.82. The van der Waals surface area contributed by atoms with Crippen molar-refractivity contribution in [2.75, 3.05) is 35.4 Å². The Morgan fingerprint density at radius 1 is 1.14 bits per heavy atom. The minimum atomic E-state index is 0.133. The molecule has 118 valence electrons. The Balaban J connectivity index is 2.49. The fraction of sp³-hybridized carbons (Fsp3) is 0.647. The fourth-order valence-corrected chi connectivity index (χ4v) is 3.76. The van der Waals surface area contributed by atoms with Crippen molar-refractivity contribution in [2.45, 2.75) is 37.3 Å². The van der Waals surface area contributed by atoms with Gasteiger partial charge in [-0.15, -0.1) is 0 Å². The predicted molar refractivity (Wildman–Crippen MR) is 86.2 cm³/mol. The topological polar surface area (TPSA) is 33.7 Å². The monoisotopic (exact) mass is 292 g/mol. The lowest BCUT2D eigenvalue weighted by molar-refractivity contribution is 0.107. The number of nitrogens with one attached hydrogen (secondary N) is 1.